The second-order valence-corrected chi connectivity index (χ2v) is 9.86. The average Bonchev–Trinajstić information content (AvgIpc) is 3.52. The first-order valence-electron chi connectivity index (χ1n) is 9.15. The minimum Gasteiger partial charge on any atom is -0.339 e. The largest absolute Gasteiger partial charge is 0.339 e. The molecule has 7 nitrogen and oxygen atoms in total. The van der Waals surface area contributed by atoms with E-state index >= 15 is 0 Å². The van der Waals surface area contributed by atoms with Gasteiger partial charge in [-0.25, -0.2) is 13.1 Å². The fraction of sp³-hybridized carbons (Fsp3) is 0.300. The van der Waals surface area contributed by atoms with Crippen LogP contribution in [0.2, 0.25) is 0 Å². The van der Waals surface area contributed by atoms with E-state index in [0.29, 0.717) is 18.2 Å². The van der Waals surface area contributed by atoms with E-state index in [1.54, 1.807) is 50.5 Å². The highest BCUT2D eigenvalue weighted by atomic mass is 32.2. The second-order valence-electron chi connectivity index (χ2n) is 7.06. The molecular weight excluding hydrogens is 410 g/mol. The summed E-state index contributed by atoms with van der Waals surface area (Å²) in [6.45, 7) is 0.430. The number of thioether (sulfide) groups is 1. The number of nitrogens with zero attached hydrogens (tertiary/aromatic N) is 1. The van der Waals surface area contributed by atoms with E-state index in [0.717, 1.165) is 29.5 Å². The molecule has 0 radical (unpaired) electrons. The quantitative estimate of drug-likeness (QED) is 0.653. The molecule has 9 heteroatoms. The lowest BCUT2D eigenvalue weighted by Crippen LogP contribution is -2.26. The van der Waals surface area contributed by atoms with Crippen molar-refractivity contribution in [1.82, 2.24) is 9.62 Å². The maximum absolute atomic E-state index is 12.5. The minimum absolute atomic E-state index is 0.0692. The molecule has 0 aliphatic heterocycles. The maximum Gasteiger partial charge on any atom is 0.285 e. The van der Waals surface area contributed by atoms with Gasteiger partial charge in [0.05, 0.1) is 4.90 Å². The van der Waals surface area contributed by atoms with Gasteiger partial charge in [0, 0.05) is 36.8 Å². The van der Waals surface area contributed by atoms with E-state index in [-0.39, 0.29) is 15.7 Å². The summed E-state index contributed by atoms with van der Waals surface area (Å²) < 4.78 is 27.4. The molecule has 0 bridgehead atoms. The SMILES string of the molecule is CN(C)C(=O)Sc1ccc(NC(=O)c2cccc(S(=O)(=O)NCC3CC3)c2)cc1. The van der Waals surface area contributed by atoms with Gasteiger partial charge in [-0.2, -0.15) is 0 Å². The number of nitrogens with one attached hydrogen (secondary N) is 2. The van der Waals surface area contributed by atoms with Crippen molar-refractivity contribution in [2.75, 3.05) is 26.0 Å². The van der Waals surface area contributed by atoms with Gasteiger partial charge in [0.15, 0.2) is 0 Å². The van der Waals surface area contributed by atoms with Crippen molar-refractivity contribution in [3.05, 3.63) is 54.1 Å². The lowest BCUT2D eigenvalue weighted by atomic mass is 10.2. The van der Waals surface area contributed by atoms with Crippen LogP contribution >= 0.6 is 11.8 Å². The Bertz CT molecular complexity index is 1000. The number of carbonyl (C=O) groups excluding carboxylic acids is 2. The molecule has 2 amide bonds. The molecular formula is C20H23N3O4S2. The van der Waals surface area contributed by atoms with Gasteiger partial charge < -0.3 is 10.2 Å². The van der Waals surface area contributed by atoms with Gasteiger partial charge in [-0.15, -0.1) is 0 Å². The summed E-state index contributed by atoms with van der Waals surface area (Å²) in [5.41, 5.74) is 0.803. The lowest BCUT2D eigenvalue weighted by molar-refractivity contribution is 0.102. The monoisotopic (exact) mass is 433 g/mol. The molecule has 2 aromatic rings. The number of carbonyl (C=O) groups is 2. The van der Waals surface area contributed by atoms with Crippen LogP contribution in [0.3, 0.4) is 0 Å². The highest BCUT2D eigenvalue weighted by Gasteiger charge is 2.24. The summed E-state index contributed by atoms with van der Waals surface area (Å²) in [5.74, 6) is 0.0134. The summed E-state index contributed by atoms with van der Waals surface area (Å²) in [7, 11) is -0.277. The van der Waals surface area contributed by atoms with Gasteiger partial charge in [-0.05, 0) is 73.0 Å². The molecule has 0 spiro atoms. The second kappa shape index (κ2) is 8.98. The van der Waals surface area contributed by atoms with Crippen molar-refractivity contribution < 1.29 is 18.0 Å². The normalized spacial score (nSPS) is 13.7. The van der Waals surface area contributed by atoms with Crippen LogP contribution in [0, 0.1) is 5.92 Å². The van der Waals surface area contributed by atoms with E-state index in [4.69, 9.17) is 0 Å². The molecule has 0 unspecified atom stereocenters. The average molecular weight is 434 g/mol. The topological polar surface area (TPSA) is 95.6 Å². The first-order chi connectivity index (χ1) is 13.7. The van der Waals surface area contributed by atoms with Crippen molar-refractivity contribution in [3.63, 3.8) is 0 Å². The molecule has 0 heterocycles. The predicted octanol–water partition coefficient (Wildman–Crippen LogP) is 3.40. The van der Waals surface area contributed by atoms with Crippen LogP contribution in [0.1, 0.15) is 23.2 Å². The van der Waals surface area contributed by atoms with Crippen LogP contribution in [0.5, 0.6) is 0 Å². The molecule has 0 saturated heterocycles. The van der Waals surface area contributed by atoms with E-state index in [9.17, 15) is 18.0 Å². The van der Waals surface area contributed by atoms with Crippen molar-refractivity contribution in [3.8, 4) is 0 Å². The number of hydrogen-bond donors (Lipinski definition) is 2. The Balaban J connectivity index is 1.65. The molecule has 1 fully saturated rings. The highest BCUT2D eigenvalue weighted by Crippen LogP contribution is 2.28. The first kappa shape index (κ1) is 21.4. The third kappa shape index (κ3) is 6.06. The van der Waals surface area contributed by atoms with Crippen molar-refractivity contribution in [1.29, 1.82) is 0 Å². The Hall–Kier alpha value is -2.36. The number of sulfonamides is 1. The molecule has 1 aliphatic carbocycles. The van der Waals surface area contributed by atoms with E-state index in [1.165, 1.54) is 17.0 Å². The molecule has 2 aromatic carbocycles. The molecule has 2 N–H and O–H groups in total. The Kier molecular flexibility index (Phi) is 6.61. The first-order valence-corrected chi connectivity index (χ1v) is 11.4. The summed E-state index contributed by atoms with van der Waals surface area (Å²) in [6.07, 6.45) is 2.09. The number of rotatable bonds is 7. The van der Waals surface area contributed by atoms with E-state index in [2.05, 4.69) is 10.0 Å². The minimum atomic E-state index is -3.64. The molecule has 0 aromatic heterocycles. The van der Waals surface area contributed by atoms with Crippen molar-refractivity contribution >= 4 is 38.6 Å². The summed E-state index contributed by atoms with van der Waals surface area (Å²) in [5, 5.41) is 2.65. The predicted molar refractivity (Wildman–Crippen MR) is 114 cm³/mol. The molecule has 154 valence electrons. The molecule has 0 atom stereocenters. The van der Waals surface area contributed by atoms with Crippen LogP contribution in [-0.2, 0) is 10.0 Å². The van der Waals surface area contributed by atoms with Gasteiger partial charge in [-0.1, -0.05) is 6.07 Å². The fourth-order valence-electron chi connectivity index (χ4n) is 2.44. The Morgan fingerprint density at radius 3 is 2.41 bits per heavy atom. The van der Waals surface area contributed by atoms with Gasteiger partial charge in [-0.3, -0.25) is 9.59 Å². The molecule has 29 heavy (non-hydrogen) atoms. The van der Waals surface area contributed by atoms with E-state index in [1.807, 2.05) is 0 Å². The highest BCUT2D eigenvalue weighted by molar-refractivity contribution is 8.13. The number of benzene rings is 2. The summed E-state index contributed by atoms with van der Waals surface area (Å²) in [4.78, 5) is 26.6. The molecule has 3 rings (SSSR count). The third-order valence-electron chi connectivity index (χ3n) is 4.35. The maximum atomic E-state index is 12.5. The van der Waals surface area contributed by atoms with Crippen LogP contribution < -0.4 is 10.0 Å². The van der Waals surface area contributed by atoms with Crippen LogP contribution in [0.4, 0.5) is 10.5 Å². The lowest BCUT2D eigenvalue weighted by Gasteiger charge is -2.10. The van der Waals surface area contributed by atoms with Gasteiger partial charge in [0.25, 0.3) is 11.1 Å². The standard InChI is InChI=1S/C20H23N3O4S2/c1-23(2)20(25)28-17-10-8-16(9-11-17)22-19(24)15-4-3-5-18(12-15)29(26,27)21-13-14-6-7-14/h3-5,8-12,14,21H,6-7,13H2,1-2H3,(H,22,24). The molecule has 1 aliphatic rings. The molecule has 1 saturated carbocycles. The fourth-order valence-corrected chi connectivity index (χ4v) is 4.26. The zero-order chi connectivity index (χ0) is 21.0. The summed E-state index contributed by atoms with van der Waals surface area (Å²) in [6, 6.07) is 12.8. The van der Waals surface area contributed by atoms with Crippen LogP contribution in [-0.4, -0.2) is 45.1 Å². The van der Waals surface area contributed by atoms with E-state index < -0.39 is 15.9 Å². The zero-order valence-corrected chi connectivity index (χ0v) is 17.8. The van der Waals surface area contributed by atoms with Gasteiger partial charge in [0.1, 0.15) is 0 Å². The Morgan fingerprint density at radius 2 is 1.79 bits per heavy atom. The number of hydrogen-bond acceptors (Lipinski definition) is 5. The summed E-state index contributed by atoms with van der Waals surface area (Å²) >= 11 is 1.09. The van der Waals surface area contributed by atoms with Crippen LogP contribution in [0.25, 0.3) is 0 Å². The van der Waals surface area contributed by atoms with Gasteiger partial charge >= 0.3 is 0 Å². The van der Waals surface area contributed by atoms with Crippen molar-refractivity contribution in [2.24, 2.45) is 5.92 Å². The third-order valence-corrected chi connectivity index (χ3v) is 6.82. The zero-order valence-electron chi connectivity index (χ0n) is 16.2. The Labute approximate surface area is 174 Å². The van der Waals surface area contributed by atoms with Crippen LogP contribution in [0.15, 0.2) is 58.3 Å². The number of amides is 2. The smallest absolute Gasteiger partial charge is 0.285 e. The van der Waals surface area contributed by atoms with Gasteiger partial charge in [0.2, 0.25) is 10.0 Å². The Morgan fingerprint density at radius 1 is 1.10 bits per heavy atom. The number of anilines is 1. The van der Waals surface area contributed by atoms with Crippen molar-refractivity contribution in [2.45, 2.75) is 22.6 Å².